The minimum absolute atomic E-state index is 0.141. The monoisotopic (exact) mass is 279 g/mol. The Morgan fingerprint density at radius 3 is 2.85 bits per heavy atom. The second-order valence-corrected chi connectivity index (χ2v) is 5.94. The quantitative estimate of drug-likeness (QED) is 0.571. The predicted octanol–water partition coefficient (Wildman–Crippen LogP) is 0.989. The molecule has 0 N–H and O–H groups in total. The molecule has 0 radical (unpaired) electrons. The van der Waals surface area contributed by atoms with Gasteiger partial charge >= 0.3 is 5.97 Å². The summed E-state index contributed by atoms with van der Waals surface area (Å²) in [6.07, 6.45) is 6.55. The summed E-state index contributed by atoms with van der Waals surface area (Å²) in [6, 6.07) is 0. The van der Waals surface area contributed by atoms with Gasteiger partial charge in [-0.25, -0.2) is 0 Å². The van der Waals surface area contributed by atoms with E-state index in [-0.39, 0.29) is 30.3 Å². The Labute approximate surface area is 118 Å². The number of rotatable bonds is 3. The summed E-state index contributed by atoms with van der Waals surface area (Å²) in [5, 5.41) is 0. The summed E-state index contributed by atoms with van der Waals surface area (Å²) in [5.41, 5.74) is 0. The van der Waals surface area contributed by atoms with Crippen LogP contribution in [-0.4, -0.2) is 49.7 Å². The van der Waals surface area contributed by atoms with Crippen LogP contribution in [0.25, 0.3) is 0 Å². The fourth-order valence-corrected chi connectivity index (χ4v) is 3.61. The van der Waals surface area contributed by atoms with Gasteiger partial charge in [-0.1, -0.05) is 12.2 Å². The van der Waals surface area contributed by atoms with Gasteiger partial charge in [0.1, 0.15) is 0 Å². The fraction of sp³-hybridized carbons (Fsp3) is 0.733. The van der Waals surface area contributed by atoms with Crippen LogP contribution in [0.5, 0.6) is 0 Å². The highest BCUT2D eigenvalue weighted by Gasteiger charge is 2.42. The molecule has 0 aromatic carbocycles. The van der Waals surface area contributed by atoms with Gasteiger partial charge in [0.15, 0.2) is 0 Å². The SMILES string of the molecule is COC(=O)CC1CN(C(=O)C2CC3C=CC2C3)CCO1. The number of amides is 1. The Balaban J connectivity index is 1.58. The van der Waals surface area contributed by atoms with Crippen molar-refractivity contribution in [1.29, 1.82) is 0 Å². The van der Waals surface area contributed by atoms with E-state index in [2.05, 4.69) is 16.9 Å². The van der Waals surface area contributed by atoms with Crippen molar-refractivity contribution in [2.24, 2.45) is 17.8 Å². The highest BCUT2D eigenvalue weighted by molar-refractivity contribution is 5.80. The van der Waals surface area contributed by atoms with Gasteiger partial charge in [-0.3, -0.25) is 9.59 Å². The number of fused-ring (bicyclic) bond motifs is 2. The van der Waals surface area contributed by atoms with E-state index in [9.17, 15) is 9.59 Å². The molecular weight excluding hydrogens is 258 g/mol. The summed E-state index contributed by atoms with van der Waals surface area (Å²) in [6.45, 7) is 1.64. The van der Waals surface area contributed by atoms with Crippen molar-refractivity contribution in [2.45, 2.75) is 25.4 Å². The number of ether oxygens (including phenoxy) is 2. The van der Waals surface area contributed by atoms with Gasteiger partial charge in [-0.05, 0) is 24.7 Å². The Hall–Kier alpha value is -1.36. The van der Waals surface area contributed by atoms with Crippen LogP contribution in [0.15, 0.2) is 12.2 Å². The number of hydrogen-bond donors (Lipinski definition) is 0. The van der Waals surface area contributed by atoms with E-state index in [1.165, 1.54) is 7.11 Å². The average molecular weight is 279 g/mol. The van der Waals surface area contributed by atoms with Gasteiger partial charge in [0.05, 0.1) is 26.2 Å². The van der Waals surface area contributed by atoms with Crippen LogP contribution in [0, 0.1) is 17.8 Å². The van der Waals surface area contributed by atoms with E-state index in [0.717, 1.165) is 12.8 Å². The molecule has 110 valence electrons. The zero-order chi connectivity index (χ0) is 14.1. The first-order chi connectivity index (χ1) is 9.67. The highest BCUT2D eigenvalue weighted by atomic mass is 16.5. The van der Waals surface area contributed by atoms with Gasteiger partial charge in [0.2, 0.25) is 5.91 Å². The van der Waals surface area contributed by atoms with Crippen LogP contribution in [-0.2, 0) is 19.1 Å². The predicted molar refractivity (Wildman–Crippen MR) is 71.8 cm³/mol. The summed E-state index contributed by atoms with van der Waals surface area (Å²) >= 11 is 0. The lowest BCUT2D eigenvalue weighted by Crippen LogP contribution is -2.49. The molecule has 0 aromatic rings. The Bertz CT molecular complexity index is 434. The van der Waals surface area contributed by atoms with E-state index < -0.39 is 0 Å². The molecule has 2 bridgehead atoms. The second-order valence-electron chi connectivity index (χ2n) is 5.94. The first-order valence-corrected chi connectivity index (χ1v) is 7.33. The van der Waals surface area contributed by atoms with Crippen molar-refractivity contribution in [3.63, 3.8) is 0 Å². The molecule has 0 spiro atoms. The molecule has 4 unspecified atom stereocenters. The molecule has 5 heteroatoms. The van der Waals surface area contributed by atoms with Crippen molar-refractivity contribution < 1.29 is 19.1 Å². The Kier molecular flexibility index (Phi) is 3.78. The molecule has 2 fully saturated rings. The molecule has 5 nitrogen and oxygen atoms in total. The maximum absolute atomic E-state index is 12.6. The maximum Gasteiger partial charge on any atom is 0.308 e. The smallest absolute Gasteiger partial charge is 0.308 e. The van der Waals surface area contributed by atoms with Crippen LogP contribution in [0.4, 0.5) is 0 Å². The summed E-state index contributed by atoms with van der Waals surface area (Å²) < 4.78 is 10.2. The zero-order valence-electron chi connectivity index (χ0n) is 11.8. The highest BCUT2D eigenvalue weighted by Crippen LogP contribution is 2.44. The largest absolute Gasteiger partial charge is 0.469 e. The van der Waals surface area contributed by atoms with Crippen molar-refractivity contribution in [3.8, 4) is 0 Å². The second kappa shape index (κ2) is 5.56. The lowest BCUT2D eigenvalue weighted by Gasteiger charge is -2.35. The standard InChI is InChI=1S/C15H21NO4/c1-19-14(17)8-12-9-16(4-5-20-12)15(18)13-7-10-2-3-11(13)6-10/h2-3,10-13H,4-9H2,1H3. The molecule has 0 aromatic heterocycles. The third-order valence-electron chi connectivity index (χ3n) is 4.67. The van der Waals surface area contributed by atoms with E-state index in [4.69, 9.17) is 4.74 Å². The number of methoxy groups -OCH3 is 1. The van der Waals surface area contributed by atoms with E-state index in [0.29, 0.717) is 31.5 Å². The number of nitrogens with zero attached hydrogens (tertiary/aromatic N) is 1. The van der Waals surface area contributed by atoms with Crippen molar-refractivity contribution in [3.05, 3.63) is 12.2 Å². The number of morpholine rings is 1. The lowest BCUT2D eigenvalue weighted by molar-refractivity contribution is -0.152. The van der Waals surface area contributed by atoms with Crippen molar-refractivity contribution >= 4 is 11.9 Å². The molecule has 1 aliphatic heterocycles. The number of carbonyl (C=O) groups is 2. The molecule has 1 heterocycles. The normalized spacial score (nSPS) is 35.4. The van der Waals surface area contributed by atoms with Crippen LogP contribution in [0.2, 0.25) is 0 Å². The lowest BCUT2D eigenvalue weighted by atomic mass is 9.92. The van der Waals surface area contributed by atoms with Gasteiger partial charge in [0.25, 0.3) is 0 Å². The Morgan fingerprint density at radius 1 is 1.35 bits per heavy atom. The van der Waals surface area contributed by atoms with E-state index in [1.54, 1.807) is 0 Å². The zero-order valence-corrected chi connectivity index (χ0v) is 11.8. The van der Waals surface area contributed by atoms with Crippen LogP contribution < -0.4 is 0 Å². The van der Waals surface area contributed by atoms with Gasteiger partial charge in [-0.15, -0.1) is 0 Å². The number of allylic oxidation sites excluding steroid dienone is 2. The molecule has 20 heavy (non-hydrogen) atoms. The maximum atomic E-state index is 12.6. The number of esters is 1. The van der Waals surface area contributed by atoms with Crippen LogP contribution in [0.1, 0.15) is 19.3 Å². The fourth-order valence-electron chi connectivity index (χ4n) is 3.61. The van der Waals surface area contributed by atoms with Gasteiger partial charge in [-0.2, -0.15) is 0 Å². The van der Waals surface area contributed by atoms with Gasteiger partial charge in [0, 0.05) is 19.0 Å². The first-order valence-electron chi connectivity index (χ1n) is 7.33. The third-order valence-corrected chi connectivity index (χ3v) is 4.67. The first kappa shape index (κ1) is 13.6. The minimum atomic E-state index is -0.285. The number of carbonyl (C=O) groups excluding carboxylic acids is 2. The van der Waals surface area contributed by atoms with Crippen LogP contribution in [0.3, 0.4) is 0 Å². The van der Waals surface area contributed by atoms with E-state index in [1.807, 2.05) is 4.90 Å². The molecule has 2 aliphatic carbocycles. The molecular formula is C15H21NO4. The summed E-state index contributed by atoms with van der Waals surface area (Å²) in [7, 11) is 1.37. The van der Waals surface area contributed by atoms with E-state index >= 15 is 0 Å². The van der Waals surface area contributed by atoms with Crippen molar-refractivity contribution in [1.82, 2.24) is 4.90 Å². The Morgan fingerprint density at radius 2 is 2.20 bits per heavy atom. The molecule has 1 amide bonds. The molecule has 3 rings (SSSR count). The number of hydrogen-bond acceptors (Lipinski definition) is 4. The topological polar surface area (TPSA) is 55.8 Å². The van der Waals surface area contributed by atoms with Crippen LogP contribution >= 0.6 is 0 Å². The summed E-state index contributed by atoms with van der Waals surface area (Å²) in [5.74, 6) is 1.12. The summed E-state index contributed by atoms with van der Waals surface area (Å²) in [4.78, 5) is 25.8. The minimum Gasteiger partial charge on any atom is -0.469 e. The van der Waals surface area contributed by atoms with Gasteiger partial charge < -0.3 is 14.4 Å². The molecule has 1 saturated heterocycles. The molecule has 4 atom stereocenters. The third kappa shape index (κ3) is 2.59. The molecule has 3 aliphatic rings. The van der Waals surface area contributed by atoms with Crippen molar-refractivity contribution in [2.75, 3.05) is 26.8 Å². The average Bonchev–Trinajstić information content (AvgIpc) is 3.09. The molecule has 1 saturated carbocycles.